The van der Waals surface area contributed by atoms with Crippen molar-refractivity contribution in [3.8, 4) is 0 Å². The molecule has 0 saturated carbocycles. The van der Waals surface area contributed by atoms with E-state index in [2.05, 4.69) is 17.2 Å². The molecule has 3 N–H and O–H groups in total. The maximum atomic E-state index is 13.5. The maximum absolute atomic E-state index is 13.5. The first-order chi connectivity index (χ1) is 16.8. The van der Waals surface area contributed by atoms with Gasteiger partial charge in [0.25, 0.3) is 0 Å². The van der Waals surface area contributed by atoms with Crippen molar-refractivity contribution < 1.29 is 33.8 Å². The summed E-state index contributed by atoms with van der Waals surface area (Å²) >= 11 is 0. The number of rotatable bonds is 12. The highest BCUT2D eigenvalue weighted by Crippen LogP contribution is 2.25. The van der Waals surface area contributed by atoms with Crippen molar-refractivity contribution in [1.82, 2.24) is 15.5 Å². The topological polar surface area (TPSA) is 134 Å². The van der Waals surface area contributed by atoms with Gasteiger partial charge in [-0.15, -0.1) is 6.58 Å². The second kappa shape index (κ2) is 14.2. The van der Waals surface area contributed by atoms with E-state index < -0.39 is 48.2 Å². The lowest BCUT2D eigenvalue weighted by molar-refractivity contribution is -0.144. The van der Waals surface area contributed by atoms with Crippen LogP contribution in [0.4, 0.5) is 4.79 Å². The number of hydrogen-bond donors (Lipinski definition) is 3. The van der Waals surface area contributed by atoms with E-state index in [-0.39, 0.29) is 26.1 Å². The largest absolute Gasteiger partial charge is 0.466 e. The molecule has 36 heavy (non-hydrogen) atoms. The van der Waals surface area contributed by atoms with Gasteiger partial charge < -0.3 is 30.1 Å². The van der Waals surface area contributed by atoms with Crippen LogP contribution in [-0.2, 0) is 23.9 Å². The van der Waals surface area contributed by atoms with Gasteiger partial charge in [0.05, 0.1) is 19.6 Å². The summed E-state index contributed by atoms with van der Waals surface area (Å²) in [5, 5.41) is 15.0. The first-order valence-electron chi connectivity index (χ1n) is 11.9. The van der Waals surface area contributed by atoms with E-state index >= 15 is 0 Å². The third-order valence-electron chi connectivity index (χ3n) is 4.83. The highest BCUT2D eigenvalue weighted by atomic mass is 16.6. The summed E-state index contributed by atoms with van der Waals surface area (Å²) in [5.74, 6) is -1.69. The van der Waals surface area contributed by atoms with Crippen LogP contribution in [0.3, 0.4) is 0 Å². The Morgan fingerprint density at radius 1 is 1.14 bits per heavy atom. The molecule has 0 aromatic heterocycles. The van der Waals surface area contributed by atoms with E-state index in [0.717, 1.165) is 11.1 Å². The van der Waals surface area contributed by atoms with Crippen LogP contribution in [0.1, 0.15) is 56.8 Å². The summed E-state index contributed by atoms with van der Waals surface area (Å²) in [7, 11) is 0. The molecule has 0 fully saturated rings. The first-order valence-corrected chi connectivity index (χ1v) is 11.9. The van der Waals surface area contributed by atoms with Gasteiger partial charge in [0, 0.05) is 13.1 Å². The molecule has 10 nitrogen and oxygen atoms in total. The Bertz CT molecular complexity index is 920. The Kier molecular flexibility index (Phi) is 12.1. The number of aliphatic hydroxyl groups excluding tert-OH is 1. The summed E-state index contributed by atoms with van der Waals surface area (Å²) in [4.78, 5) is 52.1. The van der Waals surface area contributed by atoms with Gasteiger partial charge in [-0.3, -0.25) is 14.4 Å². The number of carbonyl (C=O) groups is 4. The van der Waals surface area contributed by atoms with E-state index in [1.807, 2.05) is 19.9 Å². The lowest BCUT2D eigenvalue weighted by Crippen LogP contribution is -2.54. The zero-order valence-electron chi connectivity index (χ0n) is 22.1. The summed E-state index contributed by atoms with van der Waals surface area (Å²) in [5.41, 5.74) is 1.48. The summed E-state index contributed by atoms with van der Waals surface area (Å²) in [6.45, 7) is 13.6. The smallest absolute Gasteiger partial charge is 0.408 e. The van der Waals surface area contributed by atoms with Gasteiger partial charge >= 0.3 is 12.1 Å². The van der Waals surface area contributed by atoms with Crippen molar-refractivity contribution in [2.75, 3.05) is 26.3 Å². The number of carbonyl (C=O) groups excluding carboxylic acids is 4. The van der Waals surface area contributed by atoms with Gasteiger partial charge in [-0.05, 0) is 47.1 Å². The molecule has 0 aliphatic rings. The molecule has 0 aliphatic carbocycles. The Morgan fingerprint density at radius 3 is 2.25 bits per heavy atom. The van der Waals surface area contributed by atoms with Crippen molar-refractivity contribution in [2.24, 2.45) is 0 Å². The molecule has 1 aromatic carbocycles. The Balaban J connectivity index is 3.32. The van der Waals surface area contributed by atoms with Crippen LogP contribution in [0.5, 0.6) is 0 Å². The zero-order chi connectivity index (χ0) is 27.5. The van der Waals surface area contributed by atoms with Gasteiger partial charge in [0.15, 0.2) is 0 Å². The molecule has 2 atom stereocenters. The average Bonchev–Trinajstić information content (AvgIpc) is 2.75. The third kappa shape index (κ3) is 10.1. The molecule has 0 heterocycles. The van der Waals surface area contributed by atoms with Crippen LogP contribution in [0.15, 0.2) is 30.9 Å². The van der Waals surface area contributed by atoms with Crippen LogP contribution in [0.2, 0.25) is 0 Å². The maximum Gasteiger partial charge on any atom is 0.408 e. The highest BCUT2D eigenvalue weighted by molar-refractivity contribution is 5.92. The Morgan fingerprint density at radius 2 is 1.75 bits per heavy atom. The minimum Gasteiger partial charge on any atom is -0.466 e. The fraction of sp³-hybridized carbons (Fsp3) is 0.538. The van der Waals surface area contributed by atoms with E-state index in [0.29, 0.717) is 5.56 Å². The molecule has 200 valence electrons. The van der Waals surface area contributed by atoms with Gasteiger partial charge in [-0.2, -0.15) is 0 Å². The number of amides is 3. The number of esters is 1. The molecule has 10 heteroatoms. The average molecular weight is 506 g/mol. The first kappa shape index (κ1) is 30.6. The van der Waals surface area contributed by atoms with Gasteiger partial charge in [0.1, 0.15) is 17.7 Å². The molecular weight excluding hydrogens is 466 g/mol. The van der Waals surface area contributed by atoms with Crippen molar-refractivity contribution in [1.29, 1.82) is 0 Å². The summed E-state index contributed by atoms with van der Waals surface area (Å²) < 4.78 is 10.1. The Hall–Kier alpha value is -3.40. The molecule has 0 spiro atoms. The second-order valence-electron chi connectivity index (χ2n) is 9.33. The molecule has 1 aromatic rings. The third-order valence-corrected chi connectivity index (χ3v) is 4.83. The van der Waals surface area contributed by atoms with Crippen LogP contribution in [0, 0.1) is 13.8 Å². The number of hydrogen-bond acceptors (Lipinski definition) is 7. The summed E-state index contributed by atoms with van der Waals surface area (Å²) in [6, 6.07) is 3.01. The van der Waals surface area contributed by atoms with Crippen LogP contribution < -0.4 is 10.6 Å². The van der Waals surface area contributed by atoms with Gasteiger partial charge in [-0.25, -0.2) is 4.79 Å². The zero-order valence-corrected chi connectivity index (χ0v) is 22.1. The predicted octanol–water partition coefficient (Wildman–Crippen LogP) is 2.31. The molecule has 1 rings (SSSR count). The fourth-order valence-corrected chi connectivity index (χ4v) is 3.56. The quantitative estimate of drug-likeness (QED) is 0.293. The van der Waals surface area contributed by atoms with Crippen LogP contribution in [0.25, 0.3) is 0 Å². The van der Waals surface area contributed by atoms with E-state index in [1.54, 1.807) is 39.8 Å². The number of aryl methyl sites for hydroxylation is 2. The molecule has 3 amide bonds. The van der Waals surface area contributed by atoms with E-state index in [4.69, 9.17) is 9.47 Å². The molecule has 0 saturated heterocycles. The number of alkyl carbamates (subject to hydrolysis) is 1. The van der Waals surface area contributed by atoms with E-state index in [9.17, 15) is 24.3 Å². The molecule has 0 bridgehead atoms. The lowest BCUT2D eigenvalue weighted by Gasteiger charge is -2.33. The SMILES string of the molecule is C=CCN(C(=O)C(CO)NC(=O)OC(C)(C)C)C(C(=O)NCCC(=O)OCC)c1cc(C)cc(C)c1. The van der Waals surface area contributed by atoms with Crippen LogP contribution >= 0.6 is 0 Å². The number of nitrogens with one attached hydrogen (secondary N) is 2. The lowest BCUT2D eigenvalue weighted by atomic mass is 9.98. The number of ether oxygens (including phenoxy) is 2. The number of nitrogens with zero attached hydrogens (tertiary/aromatic N) is 1. The Labute approximate surface area is 213 Å². The monoisotopic (exact) mass is 505 g/mol. The van der Waals surface area contributed by atoms with Crippen molar-refractivity contribution in [2.45, 2.75) is 65.6 Å². The fourth-order valence-electron chi connectivity index (χ4n) is 3.56. The summed E-state index contributed by atoms with van der Waals surface area (Å²) in [6.07, 6.45) is 0.533. The van der Waals surface area contributed by atoms with Crippen molar-refractivity contribution >= 4 is 23.9 Å². The van der Waals surface area contributed by atoms with Gasteiger partial charge in [0.2, 0.25) is 11.8 Å². The number of benzene rings is 1. The highest BCUT2D eigenvalue weighted by Gasteiger charge is 2.35. The molecule has 0 radical (unpaired) electrons. The molecular formula is C26H39N3O7. The standard InChI is InChI=1S/C26H39N3O7/c1-8-12-29(24(33)20(16-30)28-25(34)36-26(5,6)7)22(19-14-17(3)13-18(4)15-19)23(32)27-11-10-21(31)35-9-2/h8,13-15,20,22,30H,1,9-12,16H2,2-7H3,(H,27,32)(H,28,34). The predicted molar refractivity (Wildman–Crippen MR) is 135 cm³/mol. The van der Waals surface area contributed by atoms with Crippen molar-refractivity contribution in [3.05, 3.63) is 47.5 Å². The van der Waals surface area contributed by atoms with Crippen molar-refractivity contribution in [3.63, 3.8) is 0 Å². The van der Waals surface area contributed by atoms with Gasteiger partial charge in [-0.1, -0.05) is 35.4 Å². The number of aliphatic hydroxyl groups is 1. The minimum atomic E-state index is -1.36. The minimum absolute atomic E-state index is 0.00860. The van der Waals surface area contributed by atoms with Crippen LogP contribution in [-0.4, -0.2) is 71.8 Å². The second-order valence-corrected chi connectivity index (χ2v) is 9.33. The molecule has 2 unspecified atom stereocenters. The van der Waals surface area contributed by atoms with E-state index in [1.165, 1.54) is 11.0 Å². The molecule has 0 aliphatic heterocycles. The normalized spacial score (nSPS) is 12.6.